The second kappa shape index (κ2) is 6.69. The first-order valence-corrected chi connectivity index (χ1v) is 5.70. The summed E-state index contributed by atoms with van der Waals surface area (Å²) in [6.45, 7) is 3.12. The van der Waals surface area contributed by atoms with Crippen LogP contribution in [-0.4, -0.2) is 36.3 Å². The zero-order chi connectivity index (χ0) is 14.4. The molecule has 0 aliphatic carbocycles. The topological polar surface area (TPSA) is 102 Å². The van der Waals surface area contributed by atoms with Crippen molar-refractivity contribution in [2.24, 2.45) is 5.92 Å². The van der Waals surface area contributed by atoms with Gasteiger partial charge in [0.1, 0.15) is 5.56 Å². The van der Waals surface area contributed by atoms with Crippen LogP contribution in [0.2, 0.25) is 0 Å². The highest BCUT2D eigenvalue weighted by molar-refractivity contribution is 5.93. The Bertz CT molecular complexity index is 475. The number of nitrogens with one attached hydrogen (secondary N) is 1. The molecule has 1 unspecified atom stereocenters. The van der Waals surface area contributed by atoms with Crippen LogP contribution in [0.25, 0.3) is 0 Å². The maximum Gasteiger partial charge on any atom is 0.342 e. The molecule has 0 fully saturated rings. The average Bonchev–Trinajstić information content (AvgIpc) is 2.36. The maximum absolute atomic E-state index is 10.8. The quantitative estimate of drug-likeness (QED) is 0.579. The Morgan fingerprint density at radius 1 is 1.58 bits per heavy atom. The molecule has 104 valence electrons. The molecule has 1 atom stereocenters. The highest BCUT2D eigenvalue weighted by atomic mass is 16.6. The lowest BCUT2D eigenvalue weighted by Crippen LogP contribution is -2.16. The summed E-state index contributed by atoms with van der Waals surface area (Å²) in [7, 11) is 1.60. The Kier molecular flexibility index (Phi) is 5.25. The van der Waals surface area contributed by atoms with Gasteiger partial charge in [-0.25, -0.2) is 4.79 Å². The second-order valence-electron chi connectivity index (χ2n) is 4.24. The number of anilines is 1. The molecule has 2 N–H and O–H groups in total. The van der Waals surface area contributed by atoms with Crippen molar-refractivity contribution in [3.8, 4) is 0 Å². The largest absolute Gasteiger partial charge is 0.477 e. The zero-order valence-corrected chi connectivity index (χ0v) is 10.8. The van der Waals surface area contributed by atoms with Gasteiger partial charge in [0.25, 0.3) is 5.69 Å². The summed E-state index contributed by atoms with van der Waals surface area (Å²) < 4.78 is 4.98. The van der Waals surface area contributed by atoms with Gasteiger partial charge in [0.05, 0.1) is 11.5 Å². The molecule has 19 heavy (non-hydrogen) atoms. The standard InChI is InChI=1S/C12H16N2O5/c1-8(7-19-2)6-13-9-3-4-10(12(15)16)11(5-9)14(17)18/h3-5,8,13H,6-7H2,1-2H3,(H,15,16). The molecule has 0 amide bonds. The van der Waals surface area contributed by atoms with Crippen molar-refractivity contribution in [3.05, 3.63) is 33.9 Å². The normalized spacial score (nSPS) is 11.9. The monoisotopic (exact) mass is 268 g/mol. The van der Waals surface area contributed by atoms with E-state index in [2.05, 4.69) is 5.32 Å². The Morgan fingerprint density at radius 3 is 2.79 bits per heavy atom. The molecule has 7 heteroatoms. The number of carboxylic acids is 1. The van der Waals surface area contributed by atoms with Crippen LogP contribution in [0.4, 0.5) is 11.4 Å². The molecule has 0 saturated heterocycles. The predicted octanol–water partition coefficient (Wildman–Crippen LogP) is 1.99. The SMILES string of the molecule is COCC(C)CNc1ccc(C(=O)O)c([N+](=O)[O-])c1. The Hall–Kier alpha value is -2.15. The van der Waals surface area contributed by atoms with Gasteiger partial charge in [0.15, 0.2) is 0 Å². The van der Waals surface area contributed by atoms with Gasteiger partial charge in [0, 0.05) is 25.4 Å². The Morgan fingerprint density at radius 2 is 2.26 bits per heavy atom. The molecule has 7 nitrogen and oxygen atoms in total. The van der Waals surface area contributed by atoms with E-state index in [0.29, 0.717) is 18.8 Å². The molecular weight excluding hydrogens is 252 g/mol. The fraction of sp³-hybridized carbons (Fsp3) is 0.417. The van der Waals surface area contributed by atoms with Crippen LogP contribution in [0.5, 0.6) is 0 Å². The number of carboxylic acid groups (broad SMARTS) is 1. The van der Waals surface area contributed by atoms with Crippen molar-refractivity contribution in [1.29, 1.82) is 0 Å². The van der Waals surface area contributed by atoms with E-state index in [1.165, 1.54) is 18.2 Å². The highest BCUT2D eigenvalue weighted by Gasteiger charge is 2.20. The van der Waals surface area contributed by atoms with Crippen LogP contribution >= 0.6 is 0 Å². The number of carbonyl (C=O) groups is 1. The summed E-state index contributed by atoms with van der Waals surface area (Å²) in [6, 6.07) is 3.96. The molecule has 0 bridgehead atoms. The number of ether oxygens (including phenoxy) is 1. The molecule has 1 rings (SSSR count). The van der Waals surface area contributed by atoms with Crippen LogP contribution < -0.4 is 5.32 Å². The molecular formula is C12H16N2O5. The van der Waals surface area contributed by atoms with Crippen molar-refractivity contribution < 1.29 is 19.6 Å². The van der Waals surface area contributed by atoms with Gasteiger partial charge in [-0.1, -0.05) is 6.92 Å². The van der Waals surface area contributed by atoms with Crippen molar-refractivity contribution in [2.45, 2.75) is 6.92 Å². The predicted molar refractivity (Wildman–Crippen MR) is 69.6 cm³/mol. The number of nitrogens with zero attached hydrogens (tertiary/aromatic N) is 1. The first-order chi connectivity index (χ1) is 8.95. The lowest BCUT2D eigenvalue weighted by molar-refractivity contribution is -0.385. The molecule has 0 spiro atoms. The first-order valence-electron chi connectivity index (χ1n) is 5.70. The van der Waals surface area contributed by atoms with Crippen LogP contribution in [0.15, 0.2) is 18.2 Å². The lowest BCUT2D eigenvalue weighted by atomic mass is 10.1. The number of nitro groups is 1. The van der Waals surface area contributed by atoms with Gasteiger partial charge in [-0.3, -0.25) is 10.1 Å². The van der Waals surface area contributed by atoms with Gasteiger partial charge in [0.2, 0.25) is 0 Å². The van der Waals surface area contributed by atoms with Gasteiger partial charge in [-0.15, -0.1) is 0 Å². The van der Waals surface area contributed by atoms with Crippen LogP contribution in [0.3, 0.4) is 0 Å². The molecule has 0 saturated carbocycles. The van der Waals surface area contributed by atoms with E-state index in [0.717, 1.165) is 0 Å². The summed E-state index contributed by atoms with van der Waals surface area (Å²) in [4.78, 5) is 21.0. The number of nitro benzene ring substituents is 1. The molecule has 1 aromatic carbocycles. The fourth-order valence-corrected chi connectivity index (χ4v) is 1.61. The number of rotatable bonds is 7. The van der Waals surface area contributed by atoms with Crippen molar-refractivity contribution in [1.82, 2.24) is 0 Å². The minimum absolute atomic E-state index is 0.239. The summed E-state index contributed by atoms with van der Waals surface area (Å²) in [5, 5.41) is 22.7. The van der Waals surface area contributed by atoms with Gasteiger partial charge < -0.3 is 15.2 Å². The molecule has 0 aromatic heterocycles. The minimum atomic E-state index is -1.31. The second-order valence-corrected chi connectivity index (χ2v) is 4.24. The number of methoxy groups -OCH3 is 1. The third-order valence-electron chi connectivity index (χ3n) is 2.53. The third kappa shape index (κ3) is 4.22. The van der Waals surface area contributed by atoms with E-state index in [1.54, 1.807) is 7.11 Å². The molecule has 0 heterocycles. The van der Waals surface area contributed by atoms with Crippen molar-refractivity contribution in [2.75, 3.05) is 25.6 Å². The van der Waals surface area contributed by atoms with Crippen LogP contribution in [0, 0.1) is 16.0 Å². The number of hydrogen-bond acceptors (Lipinski definition) is 5. The molecule has 0 aliphatic rings. The zero-order valence-electron chi connectivity index (χ0n) is 10.8. The lowest BCUT2D eigenvalue weighted by Gasteiger charge is -2.12. The van der Waals surface area contributed by atoms with Crippen LogP contribution in [-0.2, 0) is 4.74 Å². The van der Waals surface area contributed by atoms with E-state index in [4.69, 9.17) is 9.84 Å². The third-order valence-corrected chi connectivity index (χ3v) is 2.53. The van der Waals surface area contributed by atoms with E-state index < -0.39 is 16.6 Å². The van der Waals surface area contributed by atoms with Gasteiger partial charge in [-0.05, 0) is 18.1 Å². The van der Waals surface area contributed by atoms with Gasteiger partial charge >= 0.3 is 5.97 Å². The van der Waals surface area contributed by atoms with Crippen molar-refractivity contribution >= 4 is 17.3 Å². The van der Waals surface area contributed by atoms with E-state index in [-0.39, 0.29) is 11.5 Å². The van der Waals surface area contributed by atoms with E-state index >= 15 is 0 Å². The van der Waals surface area contributed by atoms with Crippen molar-refractivity contribution in [3.63, 3.8) is 0 Å². The van der Waals surface area contributed by atoms with Gasteiger partial charge in [-0.2, -0.15) is 0 Å². The minimum Gasteiger partial charge on any atom is -0.477 e. The fourth-order valence-electron chi connectivity index (χ4n) is 1.61. The van der Waals surface area contributed by atoms with E-state index in [9.17, 15) is 14.9 Å². The summed E-state index contributed by atoms with van der Waals surface area (Å²) in [6.07, 6.45) is 0. The highest BCUT2D eigenvalue weighted by Crippen LogP contribution is 2.23. The summed E-state index contributed by atoms with van der Waals surface area (Å²) in [5.74, 6) is -1.07. The summed E-state index contributed by atoms with van der Waals surface area (Å²) >= 11 is 0. The Balaban J connectivity index is 2.84. The maximum atomic E-state index is 10.8. The first kappa shape index (κ1) is 14.9. The molecule has 1 aromatic rings. The van der Waals surface area contributed by atoms with E-state index in [1.807, 2.05) is 6.92 Å². The molecule has 0 aliphatic heterocycles. The summed E-state index contributed by atoms with van der Waals surface area (Å²) in [5.41, 5.74) is -0.225. The number of hydrogen-bond donors (Lipinski definition) is 2. The molecule has 0 radical (unpaired) electrons. The average molecular weight is 268 g/mol. The smallest absolute Gasteiger partial charge is 0.342 e. The Labute approximate surface area is 110 Å². The van der Waals surface area contributed by atoms with Crippen LogP contribution in [0.1, 0.15) is 17.3 Å². The number of aromatic carboxylic acids is 1. The number of benzene rings is 1.